The summed E-state index contributed by atoms with van der Waals surface area (Å²) in [6.45, 7) is 11.9. The first-order chi connectivity index (χ1) is 10.3. The lowest BCUT2D eigenvalue weighted by molar-refractivity contribution is 0.224. The van der Waals surface area contributed by atoms with E-state index in [0.717, 1.165) is 5.92 Å². The fourth-order valence-corrected chi connectivity index (χ4v) is 4.10. The van der Waals surface area contributed by atoms with Gasteiger partial charge >= 0.3 is 0 Å². The number of hydrogen-bond donors (Lipinski definition) is 0. The minimum atomic E-state index is 0.239. The third kappa shape index (κ3) is 3.16. The maximum atomic E-state index is 2.56. The van der Waals surface area contributed by atoms with Crippen molar-refractivity contribution in [2.24, 2.45) is 5.41 Å². The highest BCUT2D eigenvalue weighted by atomic mass is 14.3. The summed E-state index contributed by atoms with van der Waals surface area (Å²) in [6.07, 6.45) is 12.7. The van der Waals surface area contributed by atoms with Crippen LogP contribution in [-0.2, 0) is 11.8 Å². The van der Waals surface area contributed by atoms with E-state index in [4.69, 9.17) is 0 Å². The molecule has 0 spiro atoms. The normalized spacial score (nSPS) is 21.7. The molecule has 1 aromatic rings. The lowest BCUT2D eigenvalue weighted by Crippen LogP contribution is -2.22. The molecular formula is C22H32. The van der Waals surface area contributed by atoms with Gasteiger partial charge in [0.05, 0.1) is 0 Å². The van der Waals surface area contributed by atoms with Gasteiger partial charge in [0, 0.05) is 0 Å². The molecular weight excluding hydrogens is 264 g/mol. The van der Waals surface area contributed by atoms with E-state index in [1.807, 2.05) is 0 Å². The predicted molar refractivity (Wildman–Crippen MR) is 97.5 cm³/mol. The van der Waals surface area contributed by atoms with Crippen LogP contribution in [0.2, 0.25) is 0 Å². The SMILES string of the molecule is CC1(C)CCC(c2cc(C(C)(C)C)cc3c2CCC=C3)CC1. The van der Waals surface area contributed by atoms with Gasteiger partial charge in [-0.15, -0.1) is 0 Å². The predicted octanol–water partition coefficient (Wildman–Crippen LogP) is 6.63. The van der Waals surface area contributed by atoms with Gasteiger partial charge in [0.25, 0.3) is 0 Å². The number of benzene rings is 1. The minimum Gasteiger partial charge on any atom is -0.0836 e. The minimum absolute atomic E-state index is 0.239. The van der Waals surface area contributed by atoms with Crippen LogP contribution < -0.4 is 0 Å². The van der Waals surface area contributed by atoms with Crippen molar-refractivity contribution in [2.45, 2.75) is 84.5 Å². The highest BCUT2D eigenvalue weighted by Crippen LogP contribution is 2.45. The molecule has 0 saturated heterocycles. The second kappa shape index (κ2) is 5.55. The third-order valence-electron chi connectivity index (χ3n) is 5.82. The van der Waals surface area contributed by atoms with Crippen LogP contribution in [0.15, 0.2) is 18.2 Å². The number of hydrogen-bond acceptors (Lipinski definition) is 0. The Bertz CT molecular complexity index is 571. The van der Waals surface area contributed by atoms with Gasteiger partial charge < -0.3 is 0 Å². The van der Waals surface area contributed by atoms with E-state index in [9.17, 15) is 0 Å². The van der Waals surface area contributed by atoms with Crippen molar-refractivity contribution < 1.29 is 0 Å². The first-order valence-electron chi connectivity index (χ1n) is 9.10. The van der Waals surface area contributed by atoms with Crippen LogP contribution in [-0.4, -0.2) is 0 Å². The molecule has 1 aromatic carbocycles. The van der Waals surface area contributed by atoms with E-state index in [-0.39, 0.29) is 5.41 Å². The maximum absolute atomic E-state index is 2.56. The van der Waals surface area contributed by atoms with Crippen molar-refractivity contribution in [3.63, 3.8) is 0 Å². The van der Waals surface area contributed by atoms with Crippen LogP contribution in [0.1, 0.15) is 94.9 Å². The maximum Gasteiger partial charge on any atom is -0.0132 e. The summed E-state index contributed by atoms with van der Waals surface area (Å²) in [4.78, 5) is 0. The van der Waals surface area contributed by atoms with Crippen LogP contribution >= 0.6 is 0 Å². The van der Waals surface area contributed by atoms with Crippen molar-refractivity contribution in [2.75, 3.05) is 0 Å². The highest BCUT2D eigenvalue weighted by Gasteiger charge is 2.30. The Balaban J connectivity index is 2.01. The highest BCUT2D eigenvalue weighted by molar-refractivity contribution is 5.61. The molecule has 0 radical (unpaired) electrons. The summed E-state index contributed by atoms with van der Waals surface area (Å²) in [5, 5.41) is 0. The zero-order valence-electron chi connectivity index (χ0n) is 15.1. The van der Waals surface area contributed by atoms with E-state index in [0.29, 0.717) is 5.41 Å². The third-order valence-corrected chi connectivity index (χ3v) is 5.82. The standard InChI is InChI=1S/C22H32/c1-21(2,3)18-14-17-8-6-7-9-19(17)20(15-18)16-10-12-22(4,5)13-11-16/h6,8,14-16H,7,9-13H2,1-5H3. The molecule has 0 nitrogen and oxygen atoms in total. The molecule has 0 atom stereocenters. The first-order valence-corrected chi connectivity index (χ1v) is 9.10. The van der Waals surface area contributed by atoms with Crippen LogP contribution in [0.3, 0.4) is 0 Å². The summed E-state index contributed by atoms with van der Waals surface area (Å²) in [5.41, 5.74) is 7.14. The zero-order valence-corrected chi connectivity index (χ0v) is 15.1. The first kappa shape index (κ1) is 15.8. The van der Waals surface area contributed by atoms with Crippen LogP contribution in [0.5, 0.6) is 0 Å². The van der Waals surface area contributed by atoms with Crippen LogP contribution in [0.4, 0.5) is 0 Å². The van der Waals surface area contributed by atoms with E-state index >= 15 is 0 Å². The smallest absolute Gasteiger partial charge is 0.0132 e. The molecule has 0 amide bonds. The Morgan fingerprint density at radius 2 is 1.73 bits per heavy atom. The Morgan fingerprint density at radius 3 is 2.36 bits per heavy atom. The number of rotatable bonds is 1. The molecule has 0 aromatic heterocycles. The molecule has 2 aliphatic rings. The zero-order chi connectivity index (χ0) is 16.0. The molecule has 0 N–H and O–H groups in total. The van der Waals surface area contributed by atoms with Gasteiger partial charge in [0.2, 0.25) is 0 Å². The summed E-state index contributed by atoms with van der Waals surface area (Å²) < 4.78 is 0. The summed E-state index contributed by atoms with van der Waals surface area (Å²) >= 11 is 0. The van der Waals surface area contributed by atoms with Crippen molar-refractivity contribution in [3.05, 3.63) is 40.5 Å². The summed E-state index contributed by atoms with van der Waals surface area (Å²) in [6, 6.07) is 5.00. The Kier molecular flexibility index (Phi) is 4.00. The average Bonchev–Trinajstić information content (AvgIpc) is 2.45. The van der Waals surface area contributed by atoms with Crippen molar-refractivity contribution in [3.8, 4) is 0 Å². The van der Waals surface area contributed by atoms with Crippen molar-refractivity contribution >= 4 is 6.08 Å². The van der Waals surface area contributed by atoms with Crippen LogP contribution in [0, 0.1) is 5.41 Å². The van der Waals surface area contributed by atoms with Crippen molar-refractivity contribution in [1.29, 1.82) is 0 Å². The lowest BCUT2D eigenvalue weighted by Gasteiger charge is -2.36. The van der Waals surface area contributed by atoms with Gasteiger partial charge in [0.1, 0.15) is 0 Å². The van der Waals surface area contributed by atoms with Gasteiger partial charge in [-0.25, -0.2) is 0 Å². The number of allylic oxidation sites excluding steroid dienone is 1. The van der Waals surface area contributed by atoms with Gasteiger partial charge in [0.15, 0.2) is 0 Å². The number of fused-ring (bicyclic) bond motifs is 1. The van der Waals surface area contributed by atoms with E-state index in [1.54, 1.807) is 11.1 Å². The molecule has 0 bridgehead atoms. The van der Waals surface area contributed by atoms with E-state index in [1.165, 1.54) is 49.7 Å². The molecule has 0 aliphatic heterocycles. The van der Waals surface area contributed by atoms with Crippen LogP contribution in [0.25, 0.3) is 6.08 Å². The molecule has 3 rings (SSSR count). The summed E-state index contributed by atoms with van der Waals surface area (Å²) in [7, 11) is 0. The lowest BCUT2D eigenvalue weighted by atomic mass is 9.69. The monoisotopic (exact) mass is 296 g/mol. The molecule has 1 saturated carbocycles. The summed E-state index contributed by atoms with van der Waals surface area (Å²) in [5.74, 6) is 0.788. The fraction of sp³-hybridized carbons (Fsp3) is 0.636. The van der Waals surface area contributed by atoms with Crippen molar-refractivity contribution in [1.82, 2.24) is 0 Å². The Hall–Kier alpha value is -1.04. The van der Waals surface area contributed by atoms with Gasteiger partial charge in [-0.2, -0.15) is 0 Å². The Morgan fingerprint density at radius 1 is 1.05 bits per heavy atom. The molecule has 1 fully saturated rings. The second-order valence-electron chi connectivity index (χ2n) is 9.26. The van der Waals surface area contributed by atoms with Gasteiger partial charge in [-0.3, -0.25) is 0 Å². The molecule has 0 heteroatoms. The van der Waals surface area contributed by atoms with Gasteiger partial charge in [-0.1, -0.05) is 58.9 Å². The quantitative estimate of drug-likeness (QED) is 0.545. The topological polar surface area (TPSA) is 0 Å². The molecule has 2 aliphatic carbocycles. The molecule has 0 heterocycles. The van der Waals surface area contributed by atoms with Gasteiger partial charge in [-0.05, 0) is 77.5 Å². The fourth-order valence-electron chi connectivity index (χ4n) is 4.10. The molecule has 0 unspecified atom stereocenters. The van der Waals surface area contributed by atoms with E-state index in [2.05, 4.69) is 58.9 Å². The van der Waals surface area contributed by atoms with E-state index < -0.39 is 0 Å². The Labute approximate surface area is 137 Å². The molecule has 120 valence electrons. The second-order valence-corrected chi connectivity index (χ2v) is 9.26. The largest absolute Gasteiger partial charge is 0.0836 e. The average molecular weight is 296 g/mol. The molecule has 22 heavy (non-hydrogen) atoms.